The van der Waals surface area contributed by atoms with E-state index in [0.717, 1.165) is 0 Å². The molecule has 1 aliphatic rings. The molecule has 0 atom stereocenters. The lowest BCUT2D eigenvalue weighted by molar-refractivity contribution is -0.122. The van der Waals surface area contributed by atoms with Gasteiger partial charge in [-0.05, 0) is 33.6 Å². The summed E-state index contributed by atoms with van der Waals surface area (Å²) in [6.07, 6.45) is 0.906. The Labute approximate surface area is 131 Å². The summed E-state index contributed by atoms with van der Waals surface area (Å²) in [5.74, 6) is -0.305. The van der Waals surface area contributed by atoms with E-state index in [1.54, 1.807) is 12.0 Å². The van der Waals surface area contributed by atoms with Gasteiger partial charge in [0.25, 0.3) is 0 Å². The van der Waals surface area contributed by atoms with Gasteiger partial charge in [0.15, 0.2) is 0 Å². The maximum absolute atomic E-state index is 12.0. The van der Waals surface area contributed by atoms with Gasteiger partial charge in [-0.15, -0.1) is 11.6 Å². The largest absolute Gasteiger partial charge is 0.444 e. The van der Waals surface area contributed by atoms with E-state index in [9.17, 15) is 9.59 Å². The van der Waals surface area contributed by atoms with Crippen molar-refractivity contribution in [1.29, 1.82) is 0 Å². The van der Waals surface area contributed by atoms with Crippen molar-refractivity contribution in [2.24, 2.45) is 0 Å². The molecule has 0 aliphatic carbocycles. The second kappa shape index (κ2) is 7.31. The van der Waals surface area contributed by atoms with Crippen molar-refractivity contribution < 1.29 is 19.1 Å². The van der Waals surface area contributed by atoms with Crippen LogP contribution in [0, 0.1) is 0 Å². The fraction of sp³-hybridized carbons (Fsp3) is 0.857. The number of amides is 2. The van der Waals surface area contributed by atoms with Gasteiger partial charge >= 0.3 is 6.09 Å². The molecule has 1 heterocycles. The Morgan fingerprint density at radius 3 is 2.29 bits per heavy atom. The molecule has 21 heavy (non-hydrogen) atoms. The molecule has 0 saturated carbocycles. The number of ether oxygens (including phenoxy) is 2. The SMILES string of the molecule is COCC1(NC(=O)CCl)CCN(C(=O)OC(C)(C)C)CC1. The third kappa shape index (κ3) is 5.71. The number of carbonyl (C=O) groups is 2. The predicted molar refractivity (Wildman–Crippen MR) is 80.5 cm³/mol. The van der Waals surface area contributed by atoms with Gasteiger partial charge in [0.1, 0.15) is 11.5 Å². The van der Waals surface area contributed by atoms with E-state index >= 15 is 0 Å². The standard InChI is InChI=1S/C14H25ClN2O4/c1-13(2,3)21-12(19)17-7-5-14(6-8-17,10-20-4)16-11(18)9-15/h5-10H2,1-4H3,(H,16,18). The summed E-state index contributed by atoms with van der Waals surface area (Å²) >= 11 is 5.55. The van der Waals surface area contributed by atoms with Gasteiger partial charge in [-0.2, -0.15) is 0 Å². The Morgan fingerprint density at radius 1 is 1.29 bits per heavy atom. The molecule has 1 aliphatic heterocycles. The fourth-order valence-electron chi connectivity index (χ4n) is 2.35. The van der Waals surface area contributed by atoms with Crippen LogP contribution in [-0.2, 0) is 14.3 Å². The molecular formula is C14H25ClN2O4. The van der Waals surface area contributed by atoms with Crippen LogP contribution < -0.4 is 5.32 Å². The van der Waals surface area contributed by atoms with Crippen molar-refractivity contribution in [3.63, 3.8) is 0 Å². The zero-order valence-electron chi connectivity index (χ0n) is 13.2. The molecule has 0 aromatic carbocycles. The molecule has 7 heteroatoms. The first-order chi connectivity index (χ1) is 9.71. The predicted octanol–water partition coefficient (Wildman–Crippen LogP) is 1.76. The summed E-state index contributed by atoms with van der Waals surface area (Å²) in [5, 5.41) is 2.92. The highest BCUT2D eigenvalue weighted by molar-refractivity contribution is 6.27. The quantitative estimate of drug-likeness (QED) is 0.801. The first kappa shape index (κ1) is 18.0. The topological polar surface area (TPSA) is 67.9 Å². The van der Waals surface area contributed by atoms with Crippen molar-refractivity contribution in [2.45, 2.75) is 44.8 Å². The highest BCUT2D eigenvalue weighted by Gasteiger charge is 2.38. The molecule has 1 saturated heterocycles. The second-order valence-electron chi connectivity index (χ2n) is 6.36. The Morgan fingerprint density at radius 2 is 1.86 bits per heavy atom. The van der Waals surface area contributed by atoms with E-state index in [2.05, 4.69) is 5.32 Å². The smallest absolute Gasteiger partial charge is 0.410 e. The molecule has 0 spiro atoms. The van der Waals surface area contributed by atoms with Crippen LogP contribution in [0.2, 0.25) is 0 Å². The van der Waals surface area contributed by atoms with Crippen LogP contribution in [0.1, 0.15) is 33.6 Å². The number of methoxy groups -OCH3 is 1. The molecule has 1 rings (SSSR count). The summed E-state index contributed by atoms with van der Waals surface area (Å²) in [6.45, 7) is 6.94. The van der Waals surface area contributed by atoms with Crippen LogP contribution in [0.5, 0.6) is 0 Å². The minimum Gasteiger partial charge on any atom is -0.444 e. The number of likely N-dealkylation sites (tertiary alicyclic amines) is 1. The minimum absolute atomic E-state index is 0.0821. The molecule has 0 aromatic heterocycles. The van der Waals surface area contributed by atoms with Crippen molar-refractivity contribution >= 4 is 23.6 Å². The molecule has 0 aromatic rings. The van der Waals surface area contributed by atoms with Gasteiger partial charge in [-0.1, -0.05) is 0 Å². The fourth-order valence-corrected chi connectivity index (χ4v) is 2.42. The van der Waals surface area contributed by atoms with E-state index in [1.165, 1.54) is 0 Å². The number of alkyl halides is 1. The van der Waals surface area contributed by atoms with Gasteiger partial charge in [-0.3, -0.25) is 4.79 Å². The summed E-state index contributed by atoms with van der Waals surface area (Å²) < 4.78 is 10.6. The third-order valence-corrected chi connectivity index (χ3v) is 3.56. The van der Waals surface area contributed by atoms with Crippen molar-refractivity contribution in [3.05, 3.63) is 0 Å². The lowest BCUT2D eigenvalue weighted by Gasteiger charge is -2.42. The second-order valence-corrected chi connectivity index (χ2v) is 6.63. The maximum atomic E-state index is 12.0. The maximum Gasteiger partial charge on any atom is 0.410 e. The van der Waals surface area contributed by atoms with Crippen LogP contribution >= 0.6 is 11.6 Å². The lowest BCUT2D eigenvalue weighted by atomic mass is 9.88. The highest BCUT2D eigenvalue weighted by Crippen LogP contribution is 2.24. The molecule has 122 valence electrons. The monoisotopic (exact) mass is 320 g/mol. The van der Waals surface area contributed by atoms with Crippen molar-refractivity contribution in [3.8, 4) is 0 Å². The molecule has 6 nitrogen and oxygen atoms in total. The molecule has 1 fully saturated rings. The Balaban J connectivity index is 2.61. The van der Waals surface area contributed by atoms with E-state index in [1.807, 2.05) is 20.8 Å². The average molecular weight is 321 g/mol. The Hall–Kier alpha value is -1.01. The van der Waals surface area contributed by atoms with E-state index in [0.29, 0.717) is 32.5 Å². The number of hydrogen-bond acceptors (Lipinski definition) is 4. The number of rotatable bonds is 4. The van der Waals surface area contributed by atoms with Crippen LogP contribution in [0.25, 0.3) is 0 Å². The normalized spacial score (nSPS) is 18.2. The first-order valence-corrected chi connectivity index (χ1v) is 7.59. The minimum atomic E-state index is -0.509. The van der Waals surface area contributed by atoms with Gasteiger partial charge in [0, 0.05) is 20.2 Å². The molecule has 0 unspecified atom stereocenters. The summed E-state index contributed by atoms with van der Waals surface area (Å²) in [6, 6.07) is 0. The van der Waals surface area contributed by atoms with Crippen molar-refractivity contribution in [2.75, 3.05) is 32.7 Å². The summed E-state index contributed by atoms with van der Waals surface area (Å²) in [5.41, 5.74) is -0.968. The van der Waals surface area contributed by atoms with Gasteiger partial charge in [-0.25, -0.2) is 4.79 Å². The van der Waals surface area contributed by atoms with Crippen molar-refractivity contribution in [1.82, 2.24) is 10.2 Å². The van der Waals surface area contributed by atoms with E-state index in [-0.39, 0.29) is 17.9 Å². The number of hydrogen-bond donors (Lipinski definition) is 1. The zero-order chi connectivity index (χ0) is 16.1. The highest BCUT2D eigenvalue weighted by atomic mass is 35.5. The van der Waals surface area contributed by atoms with Crippen LogP contribution in [0.3, 0.4) is 0 Å². The molecule has 0 radical (unpaired) electrons. The molecular weight excluding hydrogens is 296 g/mol. The third-order valence-electron chi connectivity index (χ3n) is 3.32. The van der Waals surface area contributed by atoms with E-state index < -0.39 is 11.1 Å². The lowest BCUT2D eigenvalue weighted by Crippen LogP contribution is -2.59. The molecule has 0 bridgehead atoms. The average Bonchev–Trinajstić information content (AvgIpc) is 2.37. The number of halogens is 1. The number of piperidine rings is 1. The van der Waals surface area contributed by atoms with Crippen LogP contribution in [0.4, 0.5) is 4.79 Å². The van der Waals surface area contributed by atoms with Gasteiger partial charge < -0.3 is 19.7 Å². The molecule has 2 amide bonds. The Bertz CT molecular complexity index is 374. The first-order valence-electron chi connectivity index (χ1n) is 7.05. The summed E-state index contributed by atoms with van der Waals surface area (Å²) in [4.78, 5) is 25.2. The number of nitrogens with one attached hydrogen (secondary N) is 1. The zero-order valence-corrected chi connectivity index (χ0v) is 14.0. The van der Waals surface area contributed by atoms with Gasteiger partial charge in [0.05, 0.1) is 12.1 Å². The van der Waals surface area contributed by atoms with Crippen LogP contribution in [0.15, 0.2) is 0 Å². The Kier molecular flexibility index (Phi) is 6.28. The summed E-state index contributed by atoms with van der Waals surface area (Å²) in [7, 11) is 1.59. The van der Waals surface area contributed by atoms with E-state index in [4.69, 9.17) is 21.1 Å². The molecule has 1 N–H and O–H groups in total. The van der Waals surface area contributed by atoms with Crippen LogP contribution in [-0.4, -0.2) is 60.7 Å². The number of nitrogens with zero attached hydrogens (tertiary/aromatic N) is 1. The number of carbonyl (C=O) groups excluding carboxylic acids is 2. The van der Waals surface area contributed by atoms with Gasteiger partial charge in [0.2, 0.25) is 5.91 Å².